The van der Waals surface area contributed by atoms with Crippen molar-refractivity contribution in [1.29, 1.82) is 5.26 Å². The Hall–Kier alpha value is -3.79. The van der Waals surface area contributed by atoms with Crippen LogP contribution in [0.4, 0.5) is 5.69 Å². The first-order valence-corrected chi connectivity index (χ1v) is 9.56. The molecule has 1 spiro atoms. The highest BCUT2D eigenvalue weighted by molar-refractivity contribution is 6.17. The van der Waals surface area contributed by atoms with E-state index < -0.39 is 22.5 Å². The molecule has 1 atom stereocenters. The number of ether oxygens (including phenoxy) is 1. The third kappa shape index (κ3) is 1.88. The van der Waals surface area contributed by atoms with Crippen LogP contribution in [-0.2, 0) is 10.2 Å². The molecule has 0 fully saturated rings. The summed E-state index contributed by atoms with van der Waals surface area (Å²) in [5.41, 5.74) is 5.99. The fraction of sp³-hybridized carbons (Fsp3) is 0.261. The van der Waals surface area contributed by atoms with Gasteiger partial charge in [-0.3, -0.25) is 4.79 Å². The third-order valence-corrected chi connectivity index (χ3v) is 6.13. The van der Waals surface area contributed by atoms with Gasteiger partial charge in [-0.1, -0.05) is 24.3 Å². The van der Waals surface area contributed by atoms with Crippen LogP contribution in [0.1, 0.15) is 43.2 Å². The number of allylic oxidation sites excluding steroid dienone is 1. The molecule has 3 aliphatic heterocycles. The molecule has 150 valence electrons. The molecule has 0 unspecified atom stereocenters. The highest BCUT2D eigenvalue weighted by Gasteiger charge is 2.63. The molecule has 0 radical (unpaired) electrons. The van der Waals surface area contributed by atoms with E-state index in [0.717, 1.165) is 11.1 Å². The fourth-order valence-electron chi connectivity index (χ4n) is 5.12. The second-order valence-corrected chi connectivity index (χ2v) is 8.41. The number of aryl methyl sites for hydroxylation is 1. The second-order valence-electron chi connectivity index (χ2n) is 8.41. The van der Waals surface area contributed by atoms with Crippen LogP contribution < -0.4 is 21.0 Å². The Bertz CT molecular complexity index is 1340. The molecular weight excluding hydrogens is 382 g/mol. The van der Waals surface area contributed by atoms with E-state index in [1.54, 1.807) is 17.9 Å². The maximum Gasteiger partial charge on any atom is 0.344 e. The monoisotopic (exact) mass is 401 g/mol. The second kappa shape index (κ2) is 5.42. The lowest BCUT2D eigenvalue weighted by Gasteiger charge is -2.40. The van der Waals surface area contributed by atoms with E-state index in [-0.39, 0.29) is 22.8 Å². The van der Waals surface area contributed by atoms with Gasteiger partial charge >= 0.3 is 5.63 Å². The smallest absolute Gasteiger partial charge is 0.344 e. The highest BCUT2D eigenvalue weighted by atomic mass is 16.5. The van der Waals surface area contributed by atoms with Crippen molar-refractivity contribution < 1.29 is 13.9 Å². The molecule has 7 nitrogen and oxygen atoms in total. The minimum Gasteiger partial charge on any atom is -0.440 e. The lowest BCUT2D eigenvalue weighted by Crippen LogP contribution is -2.54. The van der Waals surface area contributed by atoms with Crippen LogP contribution in [-0.4, -0.2) is 11.4 Å². The molecule has 1 aromatic heterocycles. The average molecular weight is 401 g/mol. The number of nitrogens with two attached hydrogens (primary N) is 1. The maximum absolute atomic E-state index is 14.2. The van der Waals surface area contributed by atoms with Crippen molar-refractivity contribution >= 4 is 17.2 Å². The topological polar surface area (TPSA) is 110 Å². The first-order chi connectivity index (χ1) is 14.1. The Labute approximate surface area is 172 Å². The van der Waals surface area contributed by atoms with E-state index in [0.29, 0.717) is 17.0 Å². The van der Waals surface area contributed by atoms with Crippen molar-refractivity contribution in [3.8, 4) is 11.8 Å². The van der Waals surface area contributed by atoms with Gasteiger partial charge in [0, 0.05) is 17.2 Å². The van der Waals surface area contributed by atoms with E-state index in [1.807, 2.05) is 45.0 Å². The van der Waals surface area contributed by atoms with Gasteiger partial charge in [-0.2, -0.15) is 5.26 Å². The Kier molecular flexibility index (Phi) is 3.30. The average Bonchev–Trinajstić information content (AvgIpc) is 2.90. The quantitative estimate of drug-likeness (QED) is 0.727. The van der Waals surface area contributed by atoms with Gasteiger partial charge in [-0.05, 0) is 33.3 Å². The summed E-state index contributed by atoms with van der Waals surface area (Å²) in [4.78, 5) is 29.0. The zero-order chi connectivity index (χ0) is 21.6. The number of hydrogen-bond acceptors (Lipinski definition) is 6. The molecule has 30 heavy (non-hydrogen) atoms. The van der Waals surface area contributed by atoms with E-state index in [2.05, 4.69) is 0 Å². The van der Waals surface area contributed by atoms with Crippen molar-refractivity contribution in [2.45, 2.75) is 38.6 Å². The maximum atomic E-state index is 14.2. The first-order valence-electron chi connectivity index (χ1n) is 9.56. The summed E-state index contributed by atoms with van der Waals surface area (Å²) in [6.45, 7) is 7.43. The standard InChI is InChI=1S/C23H19N3O4/c1-11-9-22(3,4)26-18-13(11)6-5-7-14(18)23(21(26)28)15(10-24)19(25)30-16-8-12(2)29-20(27)17(16)23/h5-9H,25H2,1-4H3/t23-/m1/s1. The van der Waals surface area contributed by atoms with Gasteiger partial charge in [0.1, 0.15) is 28.7 Å². The molecule has 1 amide bonds. The number of carbonyl (C=O) groups excluding carboxylic acids is 1. The van der Waals surface area contributed by atoms with Crippen LogP contribution in [0, 0.1) is 18.3 Å². The van der Waals surface area contributed by atoms with Gasteiger partial charge in [0.15, 0.2) is 5.41 Å². The van der Waals surface area contributed by atoms with Crippen LogP contribution in [0.2, 0.25) is 0 Å². The summed E-state index contributed by atoms with van der Waals surface area (Å²) >= 11 is 0. The van der Waals surface area contributed by atoms with Gasteiger partial charge < -0.3 is 19.8 Å². The van der Waals surface area contributed by atoms with Gasteiger partial charge in [-0.25, -0.2) is 4.79 Å². The van der Waals surface area contributed by atoms with E-state index in [4.69, 9.17) is 14.9 Å². The zero-order valence-electron chi connectivity index (χ0n) is 17.0. The molecule has 2 N–H and O–H groups in total. The molecule has 0 bridgehead atoms. The summed E-state index contributed by atoms with van der Waals surface area (Å²) in [6.07, 6.45) is 2.01. The first kappa shape index (κ1) is 18.3. The van der Waals surface area contributed by atoms with Crippen LogP contribution in [0.25, 0.3) is 5.57 Å². The van der Waals surface area contributed by atoms with Crippen LogP contribution in [0.5, 0.6) is 5.75 Å². The van der Waals surface area contributed by atoms with E-state index in [9.17, 15) is 14.9 Å². The number of amides is 1. The number of fused-ring (bicyclic) bond motifs is 3. The summed E-state index contributed by atoms with van der Waals surface area (Å²) in [7, 11) is 0. The lowest BCUT2D eigenvalue weighted by atomic mass is 9.69. The number of benzene rings is 1. The minimum absolute atomic E-state index is 0.0138. The molecular formula is C23H19N3O4. The largest absolute Gasteiger partial charge is 0.440 e. The van der Waals surface area contributed by atoms with Gasteiger partial charge in [-0.15, -0.1) is 0 Å². The zero-order valence-corrected chi connectivity index (χ0v) is 17.0. The molecule has 1 aromatic carbocycles. The predicted octanol–water partition coefficient (Wildman–Crippen LogP) is 2.86. The summed E-state index contributed by atoms with van der Waals surface area (Å²) in [6, 6.07) is 9.08. The molecule has 0 saturated heterocycles. The van der Waals surface area contributed by atoms with Crippen molar-refractivity contribution in [2.75, 3.05) is 4.90 Å². The van der Waals surface area contributed by atoms with Crippen LogP contribution in [0.15, 0.2) is 51.0 Å². The van der Waals surface area contributed by atoms with Crippen molar-refractivity contribution in [3.05, 3.63) is 74.7 Å². The number of hydrogen-bond donors (Lipinski definition) is 1. The molecule has 0 aliphatic carbocycles. The molecule has 2 aromatic rings. The Morgan fingerprint density at radius 3 is 2.63 bits per heavy atom. The van der Waals surface area contributed by atoms with E-state index in [1.165, 1.54) is 6.07 Å². The summed E-state index contributed by atoms with van der Waals surface area (Å²) < 4.78 is 11.0. The van der Waals surface area contributed by atoms with Crippen molar-refractivity contribution in [2.24, 2.45) is 5.73 Å². The summed E-state index contributed by atoms with van der Waals surface area (Å²) in [5.74, 6) is -0.156. The number of carbonyl (C=O) groups is 1. The molecule has 0 saturated carbocycles. The molecule has 4 heterocycles. The Balaban J connectivity index is 2.01. The van der Waals surface area contributed by atoms with Crippen molar-refractivity contribution in [1.82, 2.24) is 0 Å². The number of nitrogens with zero attached hydrogens (tertiary/aromatic N) is 2. The number of nitriles is 1. The van der Waals surface area contributed by atoms with Crippen LogP contribution in [0.3, 0.4) is 0 Å². The SMILES string of the molecule is CC1=CC(C)(C)N2C(=O)[C@@]3(C(C#N)=C(N)Oc4cc(C)oc(=O)c43)c3cccc1c32. The van der Waals surface area contributed by atoms with Crippen LogP contribution >= 0.6 is 0 Å². The fourth-order valence-corrected chi connectivity index (χ4v) is 5.12. The summed E-state index contributed by atoms with van der Waals surface area (Å²) in [5, 5.41) is 10.0. The van der Waals surface area contributed by atoms with Crippen molar-refractivity contribution in [3.63, 3.8) is 0 Å². The minimum atomic E-state index is -1.72. The van der Waals surface area contributed by atoms with Gasteiger partial charge in [0.2, 0.25) is 11.8 Å². The molecule has 5 rings (SSSR count). The van der Waals surface area contributed by atoms with E-state index >= 15 is 0 Å². The Morgan fingerprint density at radius 2 is 1.93 bits per heavy atom. The number of para-hydroxylation sites is 1. The lowest BCUT2D eigenvalue weighted by molar-refractivity contribution is -0.121. The number of anilines is 1. The van der Waals surface area contributed by atoms with Gasteiger partial charge in [0.25, 0.3) is 0 Å². The normalized spacial score (nSPS) is 23.0. The highest BCUT2D eigenvalue weighted by Crippen LogP contribution is 2.58. The Morgan fingerprint density at radius 1 is 1.20 bits per heavy atom. The predicted molar refractivity (Wildman–Crippen MR) is 110 cm³/mol. The third-order valence-electron chi connectivity index (χ3n) is 6.13. The number of rotatable bonds is 0. The molecule has 3 aliphatic rings. The van der Waals surface area contributed by atoms with Gasteiger partial charge in [0.05, 0.1) is 11.2 Å². The molecule has 7 heteroatoms.